The molecule has 0 amide bonds. The zero-order valence-corrected chi connectivity index (χ0v) is 11.6. The Morgan fingerprint density at radius 1 is 1.28 bits per heavy atom. The highest BCUT2D eigenvalue weighted by atomic mass is 32.2. The average Bonchev–Trinajstić information content (AvgIpc) is 2.39. The number of hydrogen-bond acceptors (Lipinski definition) is 2. The highest BCUT2D eigenvalue weighted by Gasteiger charge is 2.17. The van der Waals surface area contributed by atoms with Gasteiger partial charge in [-0.05, 0) is 42.9 Å². The van der Waals surface area contributed by atoms with Crippen molar-refractivity contribution in [2.45, 2.75) is 31.9 Å². The molecule has 0 N–H and O–H groups in total. The summed E-state index contributed by atoms with van der Waals surface area (Å²) < 4.78 is 0. The van der Waals surface area contributed by atoms with Gasteiger partial charge in [0.15, 0.2) is 0 Å². The van der Waals surface area contributed by atoms with Crippen LogP contribution in [0.2, 0.25) is 0 Å². The summed E-state index contributed by atoms with van der Waals surface area (Å²) in [6.07, 6.45) is 3.75. The van der Waals surface area contributed by atoms with Gasteiger partial charge in [-0.15, -0.1) is 11.8 Å². The SMILES string of the molecule is C/C(CC#N)=C(\C)CC1SC=Cc2ccccc21. The van der Waals surface area contributed by atoms with Crippen LogP contribution < -0.4 is 0 Å². The van der Waals surface area contributed by atoms with Crippen LogP contribution in [0.15, 0.2) is 40.8 Å². The maximum atomic E-state index is 8.75. The van der Waals surface area contributed by atoms with Gasteiger partial charge in [0.25, 0.3) is 0 Å². The molecule has 1 aromatic rings. The first-order valence-electron chi connectivity index (χ1n) is 6.15. The highest BCUT2D eigenvalue weighted by Crippen LogP contribution is 2.41. The molecule has 1 unspecified atom stereocenters. The summed E-state index contributed by atoms with van der Waals surface area (Å²) >= 11 is 1.87. The molecule has 0 radical (unpaired) electrons. The van der Waals surface area contributed by atoms with E-state index in [4.69, 9.17) is 5.26 Å². The highest BCUT2D eigenvalue weighted by molar-refractivity contribution is 8.02. The summed E-state index contributed by atoms with van der Waals surface area (Å²) in [5.74, 6) is 0. The van der Waals surface area contributed by atoms with Crippen LogP contribution in [-0.4, -0.2) is 0 Å². The zero-order chi connectivity index (χ0) is 13.0. The van der Waals surface area contributed by atoms with Gasteiger partial charge in [0.05, 0.1) is 12.5 Å². The molecule has 1 aliphatic heterocycles. The lowest BCUT2D eigenvalue weighted by molar-refractivity contribution is 0.891. The van der Waals surface area contributed by atoms with Crippen molar-refractivity contribution in [2.75, 3.05) is 0 Å². The van der Waals surface area contributed by atoms with E-state index >= 15 is 0 Å². The Labute approximate surface area is 113 Å². The van der Waals surface area contributed by atoms with E-state index in [1.165, 1.54) is 22.3 Å². The average molecular weight is 255 g/mol. The van der Waals surface area contributed by atoms with E-state index in [-0.39, 0.29) is 0 Å². The lowest BCUT2D eigenvalue weighted by Gasteiger charge is -2.22. The molecule has 2 rings (SSSR count). The van der Waals surface area contributed by atoms with Gasteiger partial charge in [-0.25, -0.2) is 0 Å². The van der Waals surface area contributed by atoms with E-state index in [2.05, 4.69) is 55.7 Å². The molecular formula is C16H17NS. The molecule has 1 atom stereocenters. The van der Waals surface area contributed by atoms with Crippen LogP contribution in [-0.2, 0) is 0 Å². The van der Waals surface area contributed by atoms with Gasteiger partial charge in [0.1, 0.15) is 0 Å². The third-order valence-corrected chi connectivity index (χ3v) is 4.44. The van der Waals surface area contributed by atoms with Crippen LogP contribution in [0.5, 0.6) is 0 Å². The summed E-state index contributed by atoms with van der Waals surface area (Å²) in [5, 5.41) is 11.4. The first-order valence-corrected chi connectivity index (χ1v) is 7.09. The second-order valence-corrected chi connectivity index (χ2v) is 5.77. The number of nitriles is 1. The van der Waals surface area contributed by atoms with Crippen LogP contribution in [0.1, 0.15) is 43.1 Å². The molecule has 1 heterocycles. The predicted octanol–water partition coefficient (Wildman–Crippen LogP) is 5.09. The molecule has 0 aromatic heterocycles. The van der Waals surface area contributed by atoms with Gasteiger partial charge in [-0.3, -0.25) is 0 Å². The predicted molar refractivity (Wildman–Crippen MR) is 79.0 cm³/mol. The molecule has 0 spiro atoms. The maximum absolute atomic E-state index is 8.75. The van der Waals surface area contributed by atoms with Crippen molar-refractivity contribution in [1.82, 2.24) is 0 Å². The molecule has 0 bridgehead atoms. The monoisotopic (exact) mass is 255 g/mol. The minimum atomic E-state index is 0.486. The molecular weight excluding hydrogens is 238 g/mol. The van der Waals surface area contributed by atoms with Crippen LogP contribution in [0.4, 0.5) is 0 Å². The quantitative estimate of drug-likeness (QED) is 0.703. The van der Waals surface area contributed by atoms with E-state index in [9.17, 15) is 0 Å². The number of benzene rings is 1. The molecule has 1 aliphatic rings. The molecule has 0 aliphatic carbocycles. The van der Waals surface area contributed by atoms with Gasteiger partial charge in [-0.1, -0.05) is 35.4 Å². The van der Waals surface area contributed by atoms with Gasteiger partial charge in [-0.2, -0.15) is 5.26 Å². The lowest BCUT2D eigenvalue weighted by Crippen LogP contribution is -2.01. The maximum Gasteiger partial charge on any atom is 0.0666 e. The van der Waals surface area contributed by atoms with Gasteiger partial charge < -0.3 is 0 Å². The molecule has 0 saturated heterocycles. The Bertz CT molecular complexity index is 534. The molecule has 92 valence electrons. The Morgan fingerprint density at radius 2 is 2.06 bits per heavy atom. The van der Waals surface area contributed by atoms with Crippen LogP contribution in [0, 0.1) is 11.3 Å². The Kier molecular flexibility index (Phi) is 4.28. The topological polar surface area (TPSA) is 23.8 Å². The van der Waals surface area contributed by atoms with E-state index in [0.717, 1.165) is 6.42 Å². The number of allylic oxidation sites excluding steroid dienone is 2. The number of nitrogens with zero attached hydrogens (tertiary/aromatic N) is 1. The Balaban J connectivity index is 2.20. The number of hydrogen-bond donors (Lipinski definition) is 0. The molecule has 0 saturated carbocycles. The van der Waals surface area contributed by atoms with Crippen molar-refractivity contribution in [3.63, 3.8) is 0 Å². The van der Waals surface area contributed by atoms with E-state index in [0.29, 0.717) is 11.7 Å². The van der Waals surface area contributed by atoms with Crippen molar-refractivity contribution >= 4 is 17.8 Å². The molecule has 1 aromatic carbocycles. The Morgan fingerprint density at radius 3 is 2.83 bits per heavy atom. The van der Waals surface area contributed by atoms with Gasteiger partial charge in [0, 0.05) is 5.25 Å². The first kappa shape index (κ1) is 13.0. The van der Waals surface area contributed by atoms with Crippen LogP contribution >= 0.6 is 11.8 Å². The number of thioether (sulfide) groups is 1. The van der Waals surface area contributed by atoms with Crippen molar-refractivity contribution < 1.29 is 0 Å². The van der Waals surface area contributed by atoms with Crippen molar-refractivity contribution in [2.24, 2.45) is 0 Å². The molecule has 2 heteroatoms. The van der Waals surface area contributed by atoms with Crippen LogP contribution in [0.25, 0.3) is 6.08 Å². The summed E-state index contributed by atoms with van der Waals surface area (Å²) in [6.45, 7) is 4.21. The van der Waals surface area contributed by atoms with E-state index in [1.54, 1.807) is 0 Å². The Hall–Kier alpha value is -1.46. The second-order valence-electron chi connectivity index (χ2n) is 4.66. The smallest absolute Gasteiger partial charge is 0.0666 e. The normalized spacial score (nSPS) is 18.8. The molecule has 0 fully saturated rings. The van der Waals surface area contributed by atoms with Crippen molar-refractivity contribution in [3.05, 3.63) is 51.9 Å². The summed E-state index contributed by atoms with van der Waals surface area (Å²) in [6, 6.07) is 10.8. The van der Waals surface area contributed by atoms with E-state index < -0.39 is 0 Å². The fourth-order valence-electron chi connectivity index (χ4n) is 2.12. The van der Waals surface area contributed by atoms with E-state index in [1.807, 2.05) is 11.8 Å². The summed E-state index contributed by atoms with van der Waals surface area (Å²) in [5.41, 5.74) is 5.30. The molecule has 18 heavy (non-hydrogen) atoms. The fourth-order valence-corrected chi connectivity index (χ4v) is 3.24. The lowest BCUT2D eigenvalue weighted by atomic mass is 9.97. The zero-order valence-electron chi connectivity index (χ0n) is 10.8. The summed E-state index contributed by atoms with van der Waals surface area (Å²) in [4.78, 5) is 0. The minimum Gasteiger partial charge on any atom is -0.198 e. The fraction of sp³-hybridized carbons (Fsp3) is 0.312. The standard InChI is InChI=1S/C16H17NS/c1-12(7-9-17)13(2)11-16-15-6-4-3-5-14(15)8-10-18-16/h3-6,8,10,16H,7,11H2,1-2H3/b13-12-. The van der Waals surface area contributed by atoms with Crippen LogP contribution in [0.3, 0.4) is 0 Å². The third kappa shape index (κ3) is 2.86. The van der Waals surface area contributed by atoms with Gasteiger partial charge >= 0.3 is 0 Å². The second kappa shape index (κ2) is 5.93. The third-order valence-electron chi connectivity index (χ3n) is 3.40. The molecule has 1 nitrogen and oxygen atoms in total. The van der Waals surface area contributed by atoms with Gasteiger partial charge in [0.2, 0.25) is 0 Å². The first-order chi connectivity index (χ1) is 8.72. The summed E-state index contributed by atoms with van der Waals surface area (Å²) in [7, 11) is 0. The number of fused-ring (bicyclic) bond motifs is 1. The minimum absolute atomic E-state index is 0.486. The van der Waals surface area contributed by atoms with Crippen molar-refractivity contribution in [3.8, 4) is 6.07 Å². The van der Waals surface area contributed by atoms with Crippen molar-refractivity contribution in [1.29, 1.82) is 5.26 Å². The largest absolute Gasteiger partial charge is 0.198 e. The number of rotatable bonds is 3.